The van der Waals surface area contributed by atoms with Gasteiger partial charge in [0.2, 0.25) is 0 Å². The molecule has 98 valence electrons. The predicted octanol–water partition coefficient (Wildman–Crippen LogP) is 2.77. The molecule has 0 aromatic heterocycles. The quantitative estimate of drug-likeness (QED) is 0.458. The highest BCUT2D eigenvalue weighted by Gasteiger charge is 2.20. The van der Waals surface area contributed by atoms with Crippen molar-refractivity contribution in [2.45, 2.75) is 32.8 Å². The molecule has 0 atom stereocenters. The molecule has 0 unspecified atom stereocenters. The number of esters is 1. The number of carbonyl (C=O) groups excluding carboxylic acids is 1. The van der Waals surface area contributed by atoms with Crippen molar-refractivity contribution in [1.82, 2.24) is 0 Å². The summed E-state index contributed by atoms with van der Waals surface area (Å²) in [7, 11) is 1.33. The van der Waals surface area contributed by atoms with Crippen molar-refractivity contribution in [3.63, 3.8) is 0 Å². The third-order valence-electron chi connectivity index (χ3n) is 2.66. The zero-order valence-corrected chi connectivity index (χ0v) is 11.3. The van der Waals surface area contributed by atoms with Gasteiger partial charge in [0.1, 0.15) is 5.60 Å². The van der Waals surface area contributed by atoms with Crippen LogP contribution in [0.15, 0.2) is 35.5 Å². The van der Waals surface area contributed by atoms with E-state index in [1.54, 1.807) is 12.1 Å². The highest BCUT2D eigenvalue weighted by Crippen LogP contribution is 2.15. The third kappa shape index (κ3) is 3.87. The SMILES string of the molecule is CCC(C)(C)ON=C(C(=O)OC)c1ccccc1. The molecule has 0 aliphatic carbocycles. The number of ether oxygens (including phenoxy) is 1. The standard InChI is InChI=1S/C14H19NO3/c1-5-14(2,3)18-15-12(13(16)17-4)11-9-7-6-8-10-11/h6-10H,5H2,1-4H3. The van der Waals surface area contributed by atoms with Crippen LogP contribution in [0.3, 0.4) is 0 Å². The van der Waals surface area contributed by atoms with Crippen LogP contribution in [-0.2, 0) is 14.4 Å². The van der Waals surface area contributed by atoms with Gasteiger partial charge in [0.25, 0.3) is 0 Å². The Balaban J connectivity index is 3.00. The molecular weight excluding hydrogens is 230 g/mol. The summed E-state index contributed by atoms with van der Waals surface area (Å²) < 4.78 is 4.72. The van der Waals surface area contributed by atoms with Gasteiger partial charge in [-0.15, -0.1) is 0 Å². The van der Waals surface area contributed by atoms with Gasteiger partial charge in [-0.05, 0) is 20.3 Å². The molecule has 4 nitrogen and oxygen atoms in total. The van der Waals surface area contributed by atoms with Crippen LogP contribution in [0.5, 0.6) is 0 Å². The van der Waals surface area contributed by atoms with Gasteiger partial charge in [-0.3, -0.25) is 0 Å². The Hall–Kier alpha value is -1.84. The van der Waals surface area contributed by atoms with E-state index in [4.69, 9.17) is 9.57 Å². The Kier molecular flexibility index (Phi) is 4.89. The number of benzene rings is 1. The molecule has 0 spiro atoms. The first-order chi connectivity index (χ1) is 8.50. The maximum atomic E-state index is 11.7. The second-order valence-corrected chi connectivity index (χ2v) is 4.50. The number of methoxy groups -OCH3 is 1. The summed E-state index contributed by atoms with van der Waals surface area (Å²) in [6, 6.07) is 9.11. The molecule has 0 aliphatic rings. The summed E-state index contributed by atoms with van der Waals surface area (Å²) in [6.07, 6.45) is 0.791. The van der Waals surface area contributed by atoms with Crippen LogP contribution >= 0.6 is 0 Å². The van der Waals surface area contributed by atoms with Crippen LogP contribution < -0.4 is 0 Å². The van der Waals surface area contributed by atoms with Gasteiger partial charge in [-0.1, -0.05) is 42.4 Å². The minimum Gasteiger partial charge on any atom is -0.464 e. The first-order valence-corrected chi connectivity index (χ1v) is 5.90. The van der Waals surface area contributed by atoms with E-state index in [-0.39, 0.29) is 5.71 Å². The van der Waals surface area contributed by atoms with Gasteiger partial charge in [0.05, 0.1) is 7.11 Å². The van der Waals surface area contributed by atoms with Crippen LogP contribution in [-0.4, -0.2) is 24.4 Å². The number of nitrogens with zero attached hydrogens (tertiary/aromatic N) is 1. The van der Waals surface area contributed by atoms with Gasteiger partial charge in [0, 0.05) is 5.56 Å². The van der Waals surface area contributed by atoms with Crippen molar-refractivity contribution in [3.8, 4) is 0 Å². The smallest absolute Gasteiger partial charge is 0.360 e. The fourth-order valence-electron chi connectivity index (χ4n) is 1.13. The van der Waals surface area contributed by atoms with Crippen molar-refractivity contribution in [2.75, 3.05) is 7.11 Å². The summed E-state index contributed by atoms with van der Waals surface area (Å²) >= 11 is 0. The van der Waals surface area contributed by atoms with Gasteiger partial charge < -0.3 is 9.57 Å². The summed E-state index contributed by atoms with van der Waals surface area (Å²) in [6.45, 7) is 5.82. The van der Waals surface area contributed by atoms with E-state index in [2.05, 4.69) is 5.16 Å². The molecule has 1 aromatic carbocycles. The van der Waals surface area contributed by atoms with Crippen LogP contribution in [0.4, 0.5) is 0 Å². The second kappa shape index (κ2) is 6.19. The highest BCUT2D eigenvalue weighted by molar-refractivity contribution is 6.43. The van der Waals surface area contributed by atoms with Crippen LogP contribution in [0, 0.1) is 0 Å². The van der Waals surface area contributed by atoms with E-state index in [0.29, 0.717) is 5.56 Å². The molecule has 1 aromatic rings. The molecule has 18 heavy (non-hydrogen) atoms. The molecule has 1 rings (SSSR count). The number of carbonyl (C=O) groups is 1. The van der Waals surface area contributed by atoms with E-state index >= 15 is 0 Å². The van der Waals surface area contributed by atoms with Crippen LogP contribution in [0.25, 0.3) is 0 Å². The molecule has 0 bridgehead atoms. The largest absolute Gasteiger partial charge is 0.464 e. The van der Waals surface area contributed by atoms with E-state index in [9.17, 15) is 4.79 Å². The maximum absolute atomic E-state index is 11.7. The number of hydrogen-bond acceptors (Lipinski definition) is 4. The lowest BCUT2D eigenvalue weighted by atomic mass is 10.1. The number of oxime groups is 1. The Labute approximate surface area is 108 Å². The highest BCUT2D eigenvalue weighted by atomic mass is 16.7. The normalized spacial score (nSPS) is 12.1. The van der Waals surface area contributed by atoms with E-state index in [1.165, 1.54) is 7.11 Å². The van der Waals surface area contributed by atoms with Gasteiger partial charge >= 0.3 is 5.97 Å². The zero-order chi connectivity index (χ0) is 13.6. The van der Waals surface area contributed by atoms with Crippen LogP contribution in [0.2, 0.25) is 0 Å². The van der Waals surface area contributed by atoms with Crippen molar-refractivity contribution < 1.29 is 14.4 Å². The van der Waals surface area contributed by atoms with E-state index in [0.717, 1.165) is 6.42 Å². The van der Waals surface area contributed by atoms with Crippen molar-refractivity contribution in [3.05, 3.63) is 35.9 Å². The predicted molar refractivity (Wildman–Crippen MR) is 70.5 cm³/mol. The summed E-state index contributed by atoms with van der Waals surface area (Å²) in [4.78, 5) is 17.1. The van der Waals surface area contributed by atoms with E-state index in [1.807, 2.05) is 39.0 Å². The first kappa shape index (κ1) is 14.2. The molecule has 0 aliphatic heterocycles. The third-order valence-corrected chi connectivity index (χ3v) is 2.66. The summed E-state index contributed by atoms with van der Waals surface area (Å²) in [5.41, 5.74) is 0.449. The molecule has 0 amide bonds. The Morgan fingerprint density at radius 3 is 2.39 bits per heavy atom. The maximum Gasteiger partial charge on any atom is 0.360 e. The minimum absolute atomic E-state index is 0.180. The summed E-state index contributed by atoms with van der Waals surface area (Å²) in [5.74, 6) is -0.506. The summed E-state index contributed by atoms with van der Waals surface area (Å²) in [5, 5.41) is 3.95. The fraction of sp³-hybridized carbons (Fsp3) is 0.429. The number of hydrogen-bond donors (Lipinski definition) is 0. The molecule has 0 saturated carbocycles. The lowest BCUT2D eigenvalue weighted by molar-refractivity contribution is -0.133. The van der Waals surface area contributed by atoms with Gasteiger partial charge in [-0.2, -0.15) is 0 Å². The Bertz CT molecular complexity index is 424. The molecule has 0 radical (unpaired) electrons. The zero-order valence-electron chi connectivity index (χ0n) is 11.3. The molecular formula is C14H19NO3. The fourth-order valence-corrected chi connectivity index (χ4v) is 1.13. The Morgan fingerprint density at radius 1 is 1.28 bits per heavy atom. The average molecular weight is 249 g/mol. The Morgan fingerprint density at radius 2 is 1.89 bits per heavy atom. The lowest BCUT2D eigenvalue weighted by Gasteiger charge is -2.20. The van der Waals surface area contributed by atoms with E-state index < -0.39 is 11.6 Å². The first-order valence-electron chi connectivity index (χ1n) is 5.90. The molecule has 0 fully saturated rings. The lowest BCUT2D eigenvalue weighted by Crippen LogP contribution is -2.24. The molecule has 4 heteroatoms. The topological polar surface area (TPSA) is 47.9 Å². The molecule has 0 saturated heterocycles. The van der Waals surface area contributed by atoms with Crippen molar-refractivity contribution in [1.29, 1.82) is 0 Å². The second-order valence-electron chi connectivity index (χ2n) is 4.50. The molecule has 0 heterocycles. The molecule has 0 N–H and O–H groups in total. The van der Waals surface area contributed by atoms with Gasteiger partial charge in [0.15, 0.2) is 5.71 Å². The van der Waals surface area contributed by atoms with Crippen molar-refractivity contribution >= 4 is 11.7 Å². The minimum atomic E-state index is -0.506. The van der Waals surface area contributed by atoms with Crippen LogP contribution in [0.1, 0.15) is 32.8 Å². The monoisotopic (exact) mass is 249 g/mol. The number of rotatable bonds is 5. The average Bonchev–Trinajstić information content (AvgIpc) is 2.39. The van der Waals surface area contributed by atoms with Gasteiger partial charge in [-0.25, -0.2) is 4.79 Å². The van der Waals surface area contributed by atoms with Crippen molar-refractivity contribution in [2.24, 2.45) is 5.16 Å².